The summed E-state index contributed by atoms with van der Waals surface area (Å²) < 4.78 is 40.4. The molecule has 0 aliphatic carbocycles. The van der Waals surface area contributed by atoms with Gasteiger partial charge in [0.25, 0.3) is 11.5 Å². The minimum atomic E-state index is -4.56. The lowest BCUT2D eigenvalue weighted by atomic mass is 10.1. The van der Waals surface area contributed by atoms with E-state index in [1.807, 2.05) is 0 Å². The van der Waals surface area contributed by atoms with Crippen molar-refractivity contribution >= 4 is 29.5 Å². The third-order valence-corrected chi connectivity index (χ3v) is 6.12. The first-order valence-electron chi connectivity index (χ1n) is 12.1. The number of amides is 1. The van der Waals surface area contributed by atoms with E-state index in [2.05, 4.69) is 20.3 Å². The summed E-state index contributed by atoms with van der Waals surface area (Å²) in [6.07, 6.45) is -1.98. The lowest BCUT2D eigenvalue weighted by Crippen LogP contribution is -2.41. The summed E-state index contributed by atoms with van der Waals surface area (Å²) in [5.74, 6) is -0.526. The molecular formula is C27H27F3N6O4. The second-order valence-electron chi connectivity index (χ2n) is 8.93. The Bertz CT molecular complexity index is 1600. The van der Waals surface area contributed by atoms with Crippen molar-refractivity contribution < 1.29 is 22.8 Å². The second kappa shape index (κ2) is 12.0. The minimum absolute atomic E-state index is 0.0854. The molecule has 3 aromatic rings. The number of pyridine rings is 2. The Hall–Kier alpha value is -4.68. The van der Waals surface area contributed by atoms with Gasteiger partial charge in [-0.05, 0) is 50.6 Å². The van der Waals surface area contributed by atoms with E-state index >= 15 is 0 Å². The number of nitrogens with one attached hydrogen (secondary N) is 1. The maximum Gasteiger partial charge on any atom is 0.433 e. The zero-order valence-corrected chi connectivity index (χ0v) is 22.5. The van der Waals surface area contributed by atoms with E-state index in [1.165, 1.54) is 32.3 Å². The van der Waals surface area contributed by atoms with Gasteiger partial charge < -0.3 is 5.32 Å². The highest BCUT2D eigenvalue weighted by atomic mass is 19.4. The van der Waals surface area contributed by atoms with Crippen molar-refractivity contribution in [1.29, 1.82) is 0 Å². The van der Waals surface area contributed by atoms with Crippen molar-refractivity contribution in [3.63, 3.8) is 0 Å². The molecule has 0 saturated carbocycles. The lowest BCUT2D eigenvalue weighted by molar-refractivity contribution is -0.141. The Kier molecular flexibility index (Phi) is 8.97. The van der Waals surface area contributed by atoms with Crippen LogP contribution in [0.3, 0.4) is 0 Å². The zero-order chi connectivity index (χ0) is 29.8. The molecule has 0 aliphatic rings. The maximum absolute atomic E-state index is 12.8. The van der Waals surface area contributed by atoms with E-state index in [0.29, 0.717) is 16.8 Å². The average molecular weight is 557 g/mol. The molecule has 0 radical (unpaired) electrons. The first kappa shape index (κ1) is 29.9. The van der Waals surface area contributed by atoms with E-state index in [4.69, 9.17) is 0 Å². The molecule has 3 aromatic heterocycles. The van der Waals surface area contributed by atoms with Gasteiger partial charge in [0.05, 0.1) is 17.8 Å². The molecule has 0 unspecified atom stereocenters. The topological polar surface area (TPSA) is 128 Å². The van der Waals surface area contributed by atoms with Crippen LogP contribution >= 0.6 is 0 Å². The van der Waals surface area contributed by atoms with Gasteiger partial charge in [-0.25, -0.2) is 14.8 Å². The first-order valence-corrected chi connectivity index (χ1v) is 12.1. The van der Waals surface area contributed by atoms with Crippen LogP contribution in [0.25, 0.3) is 11.3 Å². The number of alkyl halides is 3. The highest BCUT2D eigenvalue weighted by molar-refractivity contribution is 6.06. The molecule has 0 spiro atoms. The van der Waals surface area contributed by atoms with Crippen molar-refractivity contribution in [2.24, 2.45) is 12.0 Å². The van der Waals surface area contributed by atoms with E-state index < -0.39 is 29.0 Å². The summed E-state index contributed by atoms with van der Waals surface area (Å²) in [4.78, 5) is 61.9. The number of Topliss-reactive ketones (excluding diaryl/α,β-unsaturated/α-hetero) is 1. The second-order valence-corrected chi connectivity index (χ2v) is 8.93. The molecule has 0 aromatic carbocycles. The maximum atomic E-state index is 12.8. The first-order chi connectivity index (χ1) is 18.7. The van der Waals surface area contributed by atoms with Crippen molar-refractivity contribution in [2.75, 3.05) is 5.32 Å². The summed E-state index contributed by atoms with van der Waals surface area (Å²) in [5.41, 5.74) is -0.836. The molecule has 0 fully saturated rings. The van der Waals surface area contributed by atoms with Gasteiger partial charge in [-0.1, -0.05) is 13.0 Å². The molecule has 0 atom stereocenters. The number of carbonyl (C=O) groups is 2. The Morgan fingerprint density at radius 1 is 1.12 bits per heavy atom. The fraction of sp³-hybridized carbons (Fsp3) is 0.296. The van der Waals surface area contributed by atoms with Crippen LogP contribution in [0.15, 0.2) is 62.3 Å². The zero-order valence-electron chi connectivity index (χ0n) is 22.5. The number of ketones is 1. The molecule has 1 amide bonds. The average Bonchev–Trinajstić information content (AvgIpc) is 2.93. The van der Waals surface area contributed by atoms with E-state index in [9.17, 15) is 32.3 Å². The molecule has 13 heteroatoms. The molecule has 210 valence electrons. The normalized spacial score (nSPS) is 12.4. The summed E-state index contributed by atoms with van der Waals surface area (Å²) in [6.45, 7) is 5.96. The Morgan fingerprint density at radius 2 is 1.82 bits per heavy atom. The number of halogens is 3. The van der Waals surface area contributed by atoms with Crippen molar-refractivity contribution in [3.05, 3.63) is 79.8 Å². The number of rotatable bonds is 8. The standard InChI is InChI=1S/C27H27F3N6O4/c1-6-19(37)14-36-25(39)17(4)23(35(5)26(36)40)32-12-15(2)16(3)24(38)34-22-9-7-8-20(33-22)18-10-11-21(31-13-18)27(28,29)30/h7-13H,6,14H2,1-5H3,(H,33,34,38)/b16-15-,32-12?. The molecule has 0 aliphatic heterocycles. The van der Waals surface area contributed by atoms with Gasteiger partial charge in [-0.15, -0.1) is 0 Å². The van der Waals surface area contributed by atoms with Crippen molar-refractivity contribution in [3.8, 4) is 11.3 Å². The Labute approximate surface area is 226 Å². The van der Waals surface area contributed by atoms with Crippen LogP contribution in [-0.2, 0) is 29.4 Å². The summed E-state index contributed by atoms with van der Waals surface area (Å²) in [6, 6.07) is 6.77. The van der Waals surface area contributed by atoms with Gasteiger partial charge in [0.15, 0.2) is 5.78 Å². The van der Waals surface area contributed by atoms with Crippen LogP contribution in [0, 0.1) is 6.92 Å². The number of hydrogen-bond donors (Lipinski definition) is 1. The number of aliphatic imine (C=N–C) groups is 1. The minimum Gasteiger partial charge on any atom is -0.307 e. The Balaban J connectivity index is 1.82. The fourth-order valence-corrected chi connectivity index (χ4v) is 3.54. The molecule has 0 bridgehead atoms. The summed E-state index contributed by atoms with van der Waals surface area (Å²) >= 11 is 0. The van der Waals surface area contributed by atoms with Gasteiger partial charge in [0.2, 0.25) is 0 Å². The third-order valence-electron chi connectivity index (χ3n) is 6.12. The van der Waals surface area contributed by atoms with Crippen LogP contribution in [0.1, 0.15) is 38.4 Å². The summed E-state index contributed by atoms with van der Waals surface area (Å²) in [5, 5.41) is 2.63. The molecule has 3 heterocycles. The number of nitrogens with zero attached hydrogens (tertiary/aromatic N) is 5. The molecule has 3 rings (SSSR count). The number of hydrogen-bond acceptors (Lipinski definition) is 7. The quantitative estimate of drug-likeness (QED) is 0.330. The SMILES string of the molecule is CCC(=O)Cn1c(=O)c(C)c(N=C/C(C)=C(/C)C(=O)Nc2cccc(-c3ccc(C(F)(F)F)nc3)n2)n(C)c1=O. The largest absolute Gasteiger partial charge is 0.433 e. The van der Waals surface area contributed by atoms with E-state index in [1.54, 1.807) is 32.9 Å². The third kappa shape index (κ3) is 6.65. The van der Waals surface area contributed by atoms with Crippen LogP contribution in [0.2, 0.25) is 0 Å². The molecule has 40 heavy (non-hydrogen) atoms. The number of carbonyl (C=O) groups excluding carboxylic acids is 2. The monoisotopic (exact) mass is 556 g/mol. The summed E-state index contributed by atoms with van der Waals surface area (Å²) in [7, 11) is 1.43. The highest BCUT2D eigenvalue weighted by Gasteiger charge is 2.32. The van der Waals surface area contributed by atoms with Gasteiger partial charge in [0.1, 0.15) is 17.3 Å². The van der Waals surface area contributed by atoms with Crippen molar-refractivity contribution in [1.82, 2.24) is 19.1 Å². The number of anilines is 1. The molecule has 1 N–H and O–H groups in total. The van der Waals surface area contributed by atoms with Crippen LogP contribution in [-0.4, -0.2) is 37.0 Å². The molecule has 0 saturated heterocycles. The predicted molar refractivity (Wildman–Crippen MR) is 144 cm³/mol. The lowest BCUT2D eigenvalue weighted by Gasteiger charge is -2.12. The van der Waals surface area contributed by atoms with Crippen molar-refractivity contribution in [2.45, 2.75) is 46.8 Å². The highest BCUT2D eigenvalue weighted by Crippen LogP contribution is 2.28. The van der Waals surface area contributed by atoms with E-state index in [0.717, 1.165) is 21.4 Å². The van der Waals surface area contributed by atoms with Gasteiger partial charge in [-0.2, -0.15) is 13.2 Å². The fourth-order valence-electron chi connectivity index (χ4n) is 3.54. The number of allylic oxidation sites excluding steroid dienone is 1. The smallest absolute Gasteiger partial charge is 0.307 e. The van der Waals surface area contributed by atoms with E-state index in [-0.39, 0.29) is 41.5 Å². The molecule has 10 nitrogen and oxygen atoms in total. The predicted octanol–water partition coefficient (Wildman–Crippen LogP) is 3.99. The van der Waals surface area contributed by atoms with Crippen LogP contribution in [0.4, 0.5) is 24.8 Å². The number of aromatic nitrogens is 4. The van der Waals surface area contributed by atoms with Crippen LogP contribution < -0.4 is 16.6 Å². The Morgan fingerprint density at radius 3 is 2.42 bits per heavy atom. The van der Waals surface area contributed by atoms with Gasteiger partial charge >= 0.3 is 11.9 Å². The van der Waals surface area contributed by atoms with Crippen LogP contribution in [0.5, 0.6) is 0 Å². The van der Waals surface area contributed by atoms with Gasteiger partial charge in [0, 0.05) is 37.0 Å². The molecular weight excluding hydrogens is 529 g/mol. The van der Waals surface area contributed by atoms with Gasteiger partial charge in [-0.3, -0.25) is 28.5 Å².